The lowest BCUT2D eigenvalue weighted by Crippen LogP contribution is -2.47. The maximum atomic E-state index is 5.75. The fourth-order valence-electron chi connectivity index (χ4n) is 3.17. The molecule has 2 fully saturated rings. The predicted octanol–water partition coefficient (Wildman–Crippen LogP) is 1.49. The van der Waals surface area contributed by atoms with Gasteiger partial charge in [-0.1, -0.05) is 0 Å². The zero-order valence-electron chi connectivity index (χ0n) is 11.0. The highest BCUT2D eigenvalue weighted by atomic mass is 16.5. The lowest BCUT2D eigenvalue weighted by atomic mass is 9.88. The summed E-state index contributed by atoms with van der Waals surface area (Å²) in [4.78, 5) is 2.63. The maximum absolute atomic E-state index is 5.75. The molecule has 0 amide bonds. The van der Waals surface area contributed by atoms with Crippen LogP contribution in [0.5, 0.6) is 0 Å². The summed E-state index contributed by atoms with van der Waals surface area (Å²) >= 11 is 0. The molecule has 94 valence electrons. The van der Waals surface area contributed by atoms with E-state index in [-0.39, 0.29) is 0 Å². The molecule has 2 aliphatic rings. The van der Waals surface area contributed by atoms with Crippen molar-refractivity contribution < 1.29 is 4.74 Å². The summed E-state index contributed by atoms with van der Waals surface area (Å²) in [6.45, 7) is 9.24. The van der Waals surface area contributed by atoms with E-state index < -0.39 is 0 Å². The number of ether oxygens (including phenoxy) is 1. The number of rotatable bonds is 4. The van der Waals surface area contributed by atoms with Gasteiger partial charge in [-0.15, -0.1) is 0 Å². The molecule has 2 unspecified atom stereocenters. The van der Waals surface area contributed by atoms with Crippen LogP contribution in [0, 0.1) is 5.92 Å². The fourth-order valence-corrected chi connectivity index (χ4v) is 3.17. The van der Waals surface area contributed by atoms with Crippen LogP contribution in [0.4, 0.5) is 0 Å². The molecular formula is C13H26N2O. The minimum Gasteiger partial charge on any atom is -0.377 e. The summed E-state index contributed by atoms with van der Waals surface area (Å²) in [6, 6.07) is 0. The molecule has 3 heteroatoms. The van der Waals surface area contributed by atoms with E-state index in [1.165, 1.54) is 25.8 Å². The van der Waals surface area contributed by atoms with Crippen LogP contribution in [-0.2, 0) is 4.74 Å². The van der Waals surface area contributed by atoms with Gasteiger partial charge in [-0.2, -0.15) is 0 Å². The van der Waals surface area contributed by atoms with Crippen LogP contribution in [0.2, 0.25) is 0 Å². The minimum atomic E-state index is 0.328. The first-order chi connectivity index (χ1) is 7.64. The van der Waals surface area contributed by atoms with E-state index in [0.29, 0.717) is 11.6 Å². The number of hydrogen-bond donors (Lipinski definition) is 1. The Morgan fingerprint density at radius 1 is 1.38 bits per heavy atom. The summed E-state index contributed by atoms with van der Waals surface area (Å²) in [7, 11) is 2.05. The lowest BCUT2D eigenvalue weighted by molar-refractivity contribution is 0.0422. The van der Waals surface area contributed by atoms with Crippen molar-refractivity contribution in [1.82, 2.24) is 10.2 Å². The molecule has 0 aromatic heterocycles. The van der Waals surface area contributed by atoms with E-state index in [4.69, 9.17) is 4.74 Å². The molecule has 0 radical (unpaired) electrons. The van der Waals surface area contributed by atoms with Crippen molar-refractivity contribution in [2.24, 2.45) is 5.92 Å². The van der Waals surface area contributed by atoms with Gasteiger partial charge in [-0.3, -0.25) is 4.90 Å². The highest BCUT2D eigenvalue weighted by Gasteiger charge is 2.41. The zero-order chi connectivity index (χ0) is 11.6. The average molecular weight is 226 g/mol. The Balaban J connectivity index is 1.90. The summed E-state index contributed by atoms with van der Waals surface area (Å²) in [5, 5.41) is 3.32. The van der Waals surface area contributed by atoms with Crippen molar-refractivity contribution in [2.75, 3.05) is 33.3 Å². The van der Waals surface area contributed by atoms with Gasteiger partial charge in [0.2, 0.25) is 0 Å². The van der Waals surface area contributed by atoms with Gasteiger partial charge in [0.15, 0.2) is 0 Å². The molecule has 3 nitrogen and oxygen atoms in total. The smallest absolute Gasteiger partial charge is 0.0703 e. The molecule has 2 saturated heterocycles. The van der Waals surface area contributed by atoms with E-state index in [9.17, 15) is 0 Å². The number of likely N-dealkylation sites (tertiary alicyclic amines) is 1. The fraction of sp³-hybridized carbons (Fsp3) is 1.00. The van der Waals surface area contributed by atoms with Gasteiger partial charge in [0.1, 0.15) is 0 Å². The van der Waals surface area contributed by atoms with Crippen LogP contribution >= 0.6 is 0 Å². The molecule has 2 atom stereocenters. The Morgan fingerprint density at radius 2 is 2.19 bits per heavy atom. The zero-order valence-corrected chi connectivity index (χ0v) is 11.0. The van der Waals surface area contributed by atoms with Gasteiger partial charge in [0.25, 0.3) is 0 Å². The second-order valence-corrected chi connectivity index (χ2v) is 5.78. The molecule has 1 N–H and O–H groups in total. The monoisotopic (exact) mass is 226 g/mol. The van der Waals surface area contributed by atoms with Crippen LogP contribution in [0.1, 0.15) is 33.1 Å². The second kappa shape index (κ2) is 5.03. The van der Waals surface area contributed by atoms with Gasteiger partial charge in [-0.25, -0.2) is 0 Å². The van der Waals surface area contributed by atoms with Crippen LogP contribution < -0.4 is 5.32 Å². The van der Waals surface area contributed by atoms with Crippen molar-refractivity contribution in [1.29, 1.82) is 0 Å². The van der Waals surface area contributed by atoms with Crippen molar-refractivity contribution >= 4 is 0 Å². The molecule has 0 aromatic rings. The Kier molecular flexibility index (Phi) is 3.88. The molecule has 2 aliphatic heterocycles. The van der Waals surface area contributed by atoms with Crippen molar-refractivity contribution in [2.45, 2.75) is 44.8 Å². The molecular weight excluding hydrogens is 200 g/mol. The summed E-state index contributed by atoms with van der Waals surface area (Å²) < 4.78 is 5.75. The lowest BCUT2D eigenvalue weighted by Gasteiger charge is -2.37. The summed E-state index contributed by atoms with van der Waals surface area (Å²) in [6.07, 6.45) is 4.32. The van der Waals surface area contributed by atoms with E-state index in [0.717, 1.165) is 25.6 Å². The Labute approximate surface area is 99.5 Å². The Bertz CT molecular complexity index is 224. The normalized spacial score (nSPS) is 34.7. The minimum absolute atomic E-state index is 0.328. The van der Waals surface area contributed by atoms with E-state index in [2.05, 4.69) is 31.1 Å². The maximum Gasteiger partial charge on any atom is 0.0703 e. The molecule has 0 spiro atoms. The van der Waals surface area contributed by atoms with E-state index >= 15 is 0 Å². The first-order valence-electron chi connectivity index (χ1n) is 6.66. The van der Waals surface area contributed by atoms with Crippen molar-refractivity contribution in [3.05, 3.63) is 0 Å². The van der Waals surface area contributed by atoms with Crippen molar-refractivity contribution in [3.8, 4) is 0 Å². The van der Waals surface area contributed by atoms with E-state index in [1.807, 2.05) is 0 Å². The molecule has 0 aromatic carbocycles. The van der Waals surface area contributed by atoms with Gasteiger partial charge in [0.05, 0.1) is 6.10 Å². The SMILES string of the molecule is CNCC1CCN(CC2CCCO2)C1(C)C. The average Bonchev–Trinajstić information content (AvgIpc) is 2.82. The highest BCUT2D eigenvalue weighted by Crippen LogP contribution is 2.34. The quantitative estimate of drug-likeness (QED) is 0.786. The third-order valence-electron chi connectivity index (χ3n) is 4.46. The van der Waals surface area contributed by atoms with Crippen LogP contribution in [0.3, 0.4) is 0 Å². The van der Waals surface area contributed by atoms with Gasteiger partial charge in [-0.05, 0) is 59.2 Å². The topological polar surface area (TPSA) is 24.5 Å². The van der Waals surface area contributed by atoms with Crippen LogP contribution in [-0.4, -0.2) is 49.8 Å². The van der Waals surface area contributed by atoms with Crippen LogP contribution in [0.25, 0.3) is 0 Å². The Hall–Kier alpha value is -0.120. The molecule has 2 rings (SSSR count). The summed E-state index contributed by atoms with van der Waals surface area (Å²) in [5.41, 5.74) is 0.328. The molecule has 0 bridgehead atoms. The molecule has 2 heterocycles. The largest absolute Gasteiger partial charge is 0.377 e. The van der Waals surface area contributed by atoms with Gasteiger partial charge >= 0.3 is 0 Å². The van der Waals surface area contributed by atoms with Gasteiger partial charge < -0.3 is 10.1 Å². The predicted molar refractivity (Wildman–Crippen MR) is 66.7 cm³/mol. The molecule has 16 heavy (non-hydrogen) atoms. The first-order valence-corrected chi connectivity index (χ1v) is 6.66. The number of nitrogens with one attached hydrogen (secondary N) is 1. The standard InChI is InChI=1S/C13H26N2O/c1-13(2)11(9-14-3)6-7-15(13)10-12-5-4-8-16-12/h11-12,14H,4-10H2,1-3H3. The number of hydrogen-bond acceptors (Lipinski definition) is 3. The second-order valence-electron chi connectivity index (χ2n) is 5.78. The molecule has 0 aliphatic carbocycles. The summed E-state index contributed by atoms with van der Waals surface area (Å²) in [5.74, 6) is 0.777. The van der Waals surface area contributed by atoms with Crippen molar-refractivity contribution in [3.63, 3.8) is 0 Å². The van der Waals surface area contributed by atoms with Crippen LogP contribution in [0.15, 0.2) is 0 Å². The third kappa shape index (κ3) is 2.41. The first kappa shape index (κ1) is 12.3. The molecule has 0 saturated carbocycles. The van der Waals surface area contributed by atoms with Gasteiger partial charge in [0, 0.05) is 18.7 Å². The number of nitrogens with zero attached hydrogens (tertiary/aromatic N) is 1. The third-order valence-corrected chi connectivity index (χ3v) is 4.46. The van der Waals surface area contributed by atoms with E-state index in [1.54, 1.807) is 0 Å². The highest BCUT2D eigenvalue weighted by molar-refractivity contribution is 4.96. The Morgan fingerprint density at radius 3 is 2.81 bits per heavy atom.